The topological polar surface area (TPSA) is 118 Å². The molecular weight excluding hydrogens is 350 g/mol. The van der Waals surface area contributed by atoms with E-state index in [0.717, 1.165) is 0 Å². The van der Waals surface area contributed by atoms with E-state index in [4.69, 9.17) is 4.74 Å². The van der Waals surface area contributed by atoms with Crippen molar-refractivity contribution in [1.82, 2.24) is 15.0 Å². The van der Waals surface area contributed by atoms with Crippen molar-refractivity contribution >= 4 is 5.97 Å². The van der Waals surface area contributed by atoms with Crippen molar-refractivity contribution in [3.63, 3.8) is 0 Å². The lowest BCUT2D eigenvalue weighted by Gasteiger charge is -2.21. The van der Waals surface area contributed by atoms with Crippen LogP contribution in [0.2, 0.25) is 0 Å². The van der Waals surface area contributed by atoms with Gasteiger partial charge in [-0.3, -0.25) is 0 Å². The van der Waals surface area contributed by atoms with Gasteiger partial charge < -0.3 is 20.1 Å². The lowest BCUT2D eigenvalue weighted by atomic mass is 10.1. The van der Waals surface area contributed by atoms with Crippen molar-refractivity contribution < 1.29 is 24.9 Å². The molecule has 0 radical (unpaired) electrons. The molecule has 0 unspecified atom stereocenters. The van der Waals surface area contributed by atoms with Gasteiger partial charge in [-0.25, -0.2) is 4.79 Å². The van der Waals surface area contributed by atoms with Gasteiger partial charge in [-0.05, 0) is 24.3 Å². The minimum Gasteiger partial charge on any atom is -0.459 e. The Balaban J connectivity index is 1.59. The Labute approximate surface area is 155 Å². The maximum atomic E-state index is 11.9. The van der Waals surface area contributed by atoms with Crippen molar-refractivity contribution in [3.05, 3.63) is 78.1 Å². The van der Waals surface area contributed by atoms with Gasteiger partial charge >= 0.3 is 5.97 Å². The first-order valence-corrected chi connectivity index (χ1v) is 8.30. The SMILES string of the molecule is O=C(OC[C@@H](O)[C@@H](O)[C@H](O)c1cnn(-c2ccccc2)n1)c1ccccc1. The number of hydrogen-bond acceptors (Lipinski definition) is 7. The molecule has 3 N–H and O–H groups in total. The Morgan fingerprint density at radius 1 is 1.00 bits per heavy atom. The first-order chi connectivity index (χ1) is 13.1. The summed E-state index contributed by atoms with van der Waals surface area (Å²) in [4.78, 5) is 13.2. The van der Waals surface area contributed by atoms with Crippen molar-refractivity contribution in [1.29, 1.82) is 0 Å². The second-order valence-electron chi connectivity index (χ2n) is 5.86. The molecule has 0 aliphatic carbocycles. The predicted molar refractivity (Wildman–Crippen MR) is 95.1 cm³/mol. The quantitative estimate of drug-likeness (QED) is 0.529. The highest BCUT2D eigenvalue weighted by Crippen LogP contribution is 2.18. The molecule has 3 rings (SSSR count). The van der Waals surface area contributed by atoms with Gasteiger partial charge in [0.05, 0.1) is 17.4 Å². The third-order valence-corrected chi connectivity index (χ3v) is 3.91. The third kappa shape index (κ3) is 4.56. The minimum absolute atomic E-state index is 0.0831. The number of aliphatic hydroxyl groups is 3. The van der Waals surface area contributed by atoms with E-state index >= 15 is 0 Å². The number of carbonyl (C=O) groups excluding carboxylic acids is 1. The maximum absolute atomic E-state index is 11.9. The van der Waals surface area contributed by atoms with Crippen LogP contribution in [0.25, 0.3) is 5.69 Å². The monoisotopic (exact) mass is 369 g/mol. The number of nitrogens with zero attached hydrogens (tertiary/aromatic N) is 3. The number of hydrogen-bond donors (Lipinski definition) is 3. The predicted octanol–water partition coefficient (Wildman–Crippen LogP) is 0.879. The van der Waals surface area contributed by atoms with Crippen LogP contribution >= 0.6 is 0 Å². The van der Waals surface area contributed by atoms with Crippen LogP contribution in [0.5, 0.6) is 0 Å². The molecule has 8 nitrogen and oxygen atoms in total. The zero-order valence-corrected chi connectivity index (χ0v) is 14.3. The first kappa shape index (κ1) is 18.7. The average molecular weight is 369 g/mol. The van der Waals surface area contributed by atoms with Crippen LogP contribution in [0.1, 0.15) is 22.2 Å². The number of aliphatic hydroxyl groups excluding tert-OH is 3. The molecule has 2 aromatic carbocycles. The number of para-hydroxylation sites is 1. The molecule has 0 fully saturated rings. The molecule has 0 spiro atoms. The fraction of sp³-hybridized carbons (Fsp3) is 0.211. The van der Waals surface area contributed by atoms with Crippen LogP contribution in [0.4, 0.5) is 0 Å². The van der Waals surface area contributed by atoms with E-state index in [2.05, 4.69) is 10.2 Å². The summed E-state index contributed by atoms with van der Waals surface area (Å²) in [5.74, 6) is -0.633. The minimum atomic E-state index is -1.60. The molecule has 1 aromatic heterocycles. The lowest BCUT2D eigenvalue weighted by molar-refractivity contribution is -0.0824. The van der Waals surface area contributed by atoms with Gasteiger partial charge in [0.2, 0.25) is 0 Å². The number of esters is 1. The van der Waals surface area contributed by atoms with E-state index in [1.807, 2.05) is 18.2 Å². The summed E-state index contributed by atoms with van der Waals surface area (Å²) >= 11 is 0. The smallest absolute Gasteiger partial charge is 0.338 e. The van der Waals surface area contributed by atoms with E-state index in [9.17, 15) is 20.1 Å². The normalized spacial score (nSPS) is 14.3. The molecule has 27 heavy (non-hydrogen) atoms. The second-order valence-corrected chi connectivity index (χ2v) is 5.86. The van der Waals surface area contributed by atoms with Crippen molar-refractivity contribution in [2.24, 2.45) is 0 Å². The standard InChI is InChI=1S/C19H19N3O5/c23-16(12-27-19(26)13-7-3-1-4-8-13)18(25)17(24)15-11-20-22(21-15)14-9-5-2-6-10-14/h1-11,16-18,23-25H,12H2/t16-,17-,18-/m1/s1. The molecule has 0 amide bonds. The fourth-order valence-corrected chi connectivity index (χ4v) is 2.40. The van der Waals surface area contributed by atoms with E-state index < -0.39 is 30.9 Å². The van der Waals surface area contributed by atoms with E-state index in [-0.39, 0.29) is 5.69 Å². The molecule has 3 atom stereocenters. The number of benzene rings is 2. The largest absolute Gasteiger partial charge is 0.459 e. The van der Waals surface area contributed by atoms with Crippen LogP contribution in [0.15, 0.2) is 66.9 Å². The van der Waals surface area contributed by atoms with Gasteiger partial charge in [0.15, 0.2) is 0 Å². The molecule has 0 saturated heterocycles. The highest BCUT2D eigenvalue weighted by atomic mass is 16.5. The van der Waals surface area contributed by atoms with Gasteiger partial charge in [-0.1, -0.05) is 36.4 Å². The summed E-state index contributed by atoms with van der Waals surface area (Å²) in [7, 11) is 0. The number of rotatable bonds is 7. The summed E-state index contributed by atoms with van der Waals surface area (Å²) in [6.07, 6.45) is -3.29. The number of carbonyl (C=O) groups is 1. The van der Waals surface area contributed by atoms with E-state index in [1.54, 1.807) is 42.5 Å². The van der Waals surface area contributed by atoms with Crippen LogP contribution in [-0.2, 0) is 4.74 Å². The Hall–Kier alpha value is -3.07. The molecule has 8 heteroatoms. The number of ether oxygens (including phenoxy) is 1. The molecule has 0 aliphatic heterocycles. The van der Waals surface area contributed by atoms with Crippen molar-refractivity contribution in [2.45, 2.75) is 18.3 Å². The highest BCUT2D eigenvalue weighted by molar-refractivity contribution is 5.89. The first-order valence-electron chi connectivity index (χ1n) is 8.30. The maximum Gasteiger partial charge on any atom is 0.338 e. The molecule has 3 aromatic rings. The summed E-state index contributed by atoms with van der Waals surface area (Å²) in [5, 5.41) is 38.5. The summed E-state index contributed by atoms with van der Waals surface area (Å²) < 4.78 is 4.97. The Morgan fingerprint density at radius 3 is 2.30 bits per heavy atom. The van der Waals surface area contributed by atoms with Crippen LogP contribution in [0.3, 0.4) is 0 Å². The van der Waals surface area contributed by atoms with Gasteiger partial charge in [0, 0.05) is 0 Å². The van der Waals surface area contributed by atoms with Gasteiger partial charge in [0.25, 0.3) is 0 Å². The van der Waals surface area contributed by atoms with E-state index in [0.29, 0.717) is 11.3 Å². The lowest BCUT2D eigenvalue weighted by Crippen LogP contribution is -2.36. The van der Waals surface area contributed by atoms with Crippen molar-refractivity contribution in [2.75, 3.05) is 6.61 Å². The molecule has 1 heterocycles. The highest BCUT2D eigenvalue weighted by Gasteiger charge is 2.29. The molecule has 0 bridgehead atoms. The second kappa shape index (κ2) is 8.54. The van der Waals surface area contributed by atoms with Gasteiger partial charge in [-0.15, -0.1) is 0 Å². The number of aromatic nitrogens is 3. The Bertz CT molecular complexity index is 869. The van der Waals surface area contributed by atoms with Crippen molar-refractivity contribution in [3.8, 4) is 5.69 Å². The van der Waals surface area contributed by atoms with Crippen LogP contribution in [0, 0.1) is 0 Å². The molecular formula is C19H19N3O5. The van der Waals surface area contributed by atoms with Crippen LogP contribution in [-0.4, -0.2) is 55.1 Å². The summed E-state index contributed by atoms with van der Waals surface area (Å²) in [6.45, 7) is -0.473. The Kier molecular flexibility index (Phi) is 5.92. The summed E-state index contributed by atoms with van der Waals surface area (Å²) in [6, 6.07) is 17.3. The summed E-state index contributed by atoms with van der Waals surface area (Å²) in [5.41, 5.74) is 1.09. The molecule has 0 saturated carbocycles. The third-order valence-electron chi connectivity index (χ3n) is 3.91. The molecule has 0 aliphatic rings. The zero-order chi connectivity index (χ0) is 19.2. The van der Waals surface area contributed by atoms with Gasteiger partial charge in [0.1, 0.15) is 30.6 Å². The van der Waals surface area contributed by atoms with Crippen LogP contribution < -0.4 is 0 Å². The molecule has 140 valence electrons. The average Bonchev–Trinajstić information content (AvgIpc) is 3.22. The fourth-order valence-electron chi connectivity index (χ4n) is 2.40. The van der Waals surface area contributed by atoms with E-state index in [1.165, 1.54) is 11.0 Å². The zero-order valence-electron chi connectivity index (χ0n) is 14.3. The van der Waals surface area contributed by atoms with Gasteiger partial charge in [-0.2, -0.15) is 15.0 Å². The Morgan fingerprint density at radius 2 is 1.63 bits per heavy atom.